The summed E-state index contributed by atoms with van der Waals surface area (Å²) in [5, 5.41) is 9.48. The van der Waals surface area contributed by atoms with Crippen molar-refractivity contribution in [1.82, 2.24) is 4.90 Å². The first-order valence-electron chi connectivity index (χ1n) is 6.68. The van der Waals surface area contributed by atoms with Crippen molar-refractivity contribution in [2.45, 2.75) is 32.9 Å². The zero-order valence-electron chi connectivity index (χ0n) is 11.4. The van der Waals surface area contributed by atoms with E-state index in [2.05, 4.69) is 18.7 Å². The first kappa shape index (κ1) is 13.8. The number of aliphatic carboxylic acids is 1. The van der Waals surface area contributed by atoms with Crippen LogP contribution >= 0.6 is 0 Å². The molecule has 2 saturated heterocycles. The number of likely N-dealkylation sites (tertiary alicyclic amines) is 1. The number of carbonyl (C=O) groups is 1. The maximum atomic E-state index is 11.5. The lowest BCUT2D eigenvalue weighted by atomic mass is 9.62. The Labute approximate surface area is 108 Å². The van der Waals surface area contributed by atoms with E-state index < -0.39 is 5.97 Å². The number of hydrogen-bond donors (Lipinski definition) is 2. The van der Waals surface area contributed by atoms with E-state index in [0.29, 0.717) is 25.7 Å². The summed E-state index contributed by atoms with van der Waals surface area (Å²) in [7, 11) is 0. The zero-order chi connectivity index (χ0) is 13.5. The fourth-order valence-corrected chi connectivity index (χ4v) is 3.18. The third kappa shape index (κ3) is 2.04. The molecule has 0 aliphatic carbocycles. The highest BCUT2D eigenvalue weighted by atomic mass is 16.5. The molecule has 0 radical (unpaired) electrons. The molecule has 5 heteroatoms. The minimum Gasteiger partial charge on any atom is -0.481 e. The van der Waals surface area contributed by atoms with Gasteiger partial charge in [-0.25, -0.2) is 0 Å². The topological polar surface area (TPSA) is 75.8 Å². The maximum absolute atomic E-state index is 11.5. The lowest BCUT2D eigenvalue weighted by Crippen LogP contribution is -2.65. The van der Waals surface area contributed by atoms with Gasteiger partial charge in [0.05, 0.1) is 19.1 Å². The van der Waals surface area contributed by atoms with E-state index in [1.54, 1.807) is 0 Å². The molecule has 3 N–H and O–H groups in total. The van der Waals surface area contributed by atoms with Crippen molar-refractivity contribution in [3.8, 4) is 0 Å². The summed E-state index contributed by atoms with van der Waals surface area (Å²) in [5.41, 5.74) is 5.78. The smallest absolute Gasteiger partial charge is 0.308 e. The lowest BCUT2D eigenvalue weighted by molar-refractivity contribution is -0.212. The molecular formula is C13H24N2O3. The molecule has 0 amide bonds. The second-order valence-electron chi connectivity index (χ2n) is 6.07. The van der Waals surface area contributed by atoms with Crippen LogP contribution in [0.5, 0.6) is 0 Å². The third-order valence-electron chi connectivity index (χ3n) is 4.98. The number of nitrogens with zero attached hydrogens (tertiary/aromatic N) is 1. The van der Waals surface area contributed by atoms with Crippen molar-refractivity contribution in [1.29, 1.82) is 0 Å². The molecule has 2 aliphatic heterocycles. The predicted octanol–water partition coefficient (Wildman–Crippen LogP) is 0.391. The van der Waals surface area contributed by atoms with E-state index in [4.69, 9.17) is 10.5 Å². The summed E-state index contributed by atoms with van der Waals surface area (Å²) in [6.07, 6.45) is 0. The number of hydrogen-bond acceptors (Lipinski definition) is 4. The number of carboxylic acids is 1. The van der Waals surface area contributed by atoms with Crippen LogP contribution in [0.2, 0.25) is 0 Å². The van der Waals surface area contributed by atoms with Gasteiger partial charge in [0.1, 0.15) is 0 Å². The first-order valence-corrected chi connectivity index (χ1v) is 6.68. The Balaban J connectivity index is 2.16. The molecule has 4 unspecified atom stereocenters. The van der Waals surface area contributed by atoms with Gasteiger partial charge >= 0.3 is 5.97 Å². The summed E-state index contributed by atoms with van der Waals surface area (Å²) < 4.78 is 5.30. The molecule has 0 aromatic rings. The Morgan fingerprint density at radius 3 is 2.44 bits per heavy atom. The van der Waals surface area contributed by atoms with E-state index in [9.17, 15) is 9.90 Å². The van der Waals surface area contributed by atoms with Crippen LogP contribution in [0, 0.1) is 17.3 Å². The van der Waals surface area contributed by atoms with Crippen LogP contribution in [-0.2, 0) is 9.53 Å². The van der Waals surface area contributed by atoms with Crippen molar-refractivity contribution in [2.24, 2.45) is 23.0 Å². The molecule has 2 fully saturated rings. The average molecular weight is 256 g/mol. The standard InChI is InChI=1S/C13H24N2O3/c1-8-4-15(10(3)9(2)14)5-11(12(16)17)13(8)6-18-7-13/h8-11H,4-7,14H2,1-3H3,(H,16,17). The molecule has 4 atom stereocenters. The van der Waals surface area contributed by atoms with Crippen LogP contribution in [0.1, 0.15) is 20.8 Å². The Kier molecular flexibility index (Phi) is 3.67. The fraction of sp³-hybridized carbons (Fsp3) is 0.923. The molecule has 104 valence electrons. The van der Waals surface area contributed by atoms with Gasteiger partial charge in [-0.05, 0) is 19.8 Å². The Morgan fingerprint density at radius 2 is 2.06 bits per heavy atom. The molecule has 18 heavy (non-hydrogen) atoms. The molecule has 2 aliphatic rings. The Bertz CT molecular complexity index is 328. The van der Waals surface area contributed by atoms with Crippen molar-refractivity contribution in [3.05, 3.63) is 0 Å². The van der Waals surface area contributed by atoms with E-state index >= 15 is 0 Å². The van der Waals surface area contributed by atoms with Gasteiger partial charge in [-0.15, -0.1) is 0 Å². The van der Waals surface area contributed by atoms with E-state index in [-0.39, 0.29) is 23.4 Å². The number of piperidine rings is 1. The molecule has 2 heterocycles. The van der Waals surface area contributed by atoms with Crippen molar-refractivity contribution in [2.75, 3.05) is 26.3 Å². The van der Waals surface area contributed by atoms with E-state index in [1.807, 2.05) is 6.92 Å². The number of rotatable bonds is 3. The highest BCUT2D eigenvalue weighted by molar-refractivity contribution is 5.72. The Hall–Kier alpha value is -0.650. The second-order valence-corrected chi connectivity index (χ2v) is 6.07. The fourth-order valence-electron chi connectivity index (χ4n) is 3.18. The molecule has 0 bridgehead atoms. The van der Waals surface area contributed by atoms with Crippen molar-refractivity contribution < 1.29 is 14.6 Å². The highest BCUT2D eigenvalue weighted by Crippen LogP contribution is 2.47. The summed E-state index contributed by atoms with van der Waals surface area (Å²) in [4.78, 5) is 13.8. The Morgan fingerprint density at radius 1 is 1.44 bits per heavy atom. The maximum Gasteiger partial charge on any atom is 0.308 e. The molecule has 5 nitrogen and oxygen atoms in total. The minimum atomic E-state index is -0.702. The normalized spacial score (nSPS) is 34.9. The van der Waals surface area contributed by atoms with Gasteiger partial charge < -0.3 is 15.6 Å². The summed E-state index contributed by atoms with van der Waals surface area (Å²) in [6.45, 7) is 8.87. The molecule has 0 saturated carbocycles. The largest absolute Gasteiger partial charge is 0.481 e. The second kappa shape index (κ2) is 4.79. The van der Waals surface area contributed by atoms with Crippen LogP contribution in [0.3, 0.4) is 0 Å². The molecule has 2 rings (SSSR count). The van der Waals surface area contributed by atoms with Crippen molar-refractivity contribution >= 4 is 5.97 Å². The number of nitrogens with two attached hydrogens (primary N) is 1. The number of carboxylic acid groups (broad SMARTS) is 1. The average Bonchev–Trinajstić information content (AvgIpc) is 2.24. The molecule has 0 aromatic heterocycles. The van der Waals surface area contributed by atoms with E-state index in [1.165, 1.54) is 0 Å². The third-order valence-corrected chi connectivity index (χ3v) is 4.98. The van der Waals surface area contributed by atoms with Gasteiger partial charge in [0, 0.05) is 30.6 Å². The van der Waals surface area contributed by atoms with Gasteiger partial charge in [-0.2, -0.15) is 0 Å². The van der Waals surface area contributed by atoms with Gasteiger partial charge in [-0.3, -0.25) is 9.69 Å². The van der Waals surface area contributed by atoms with Gasteiger partial charge in [0.25, 0.3) is 0 Å². The van der Waals surface area contributed by atoms with Gasteiger partial charge in [0.2, 0.25) is 0 Å². The van der Waals surface area contributed by atoms with E-state index in [0.717, 1.165) is 6.54 Å². The van der Waals surface area contributed by atoms with Gasteiger partial charge in [0.15, 0.2) is 0 Å². The van der Waals surface area contributed by atoms with Crippen LogP contribution < -0.4 is 5.73 Å². The quantitative estimate of drug-likeness (QED) is 0.764. The first-order chi connectivity index (χ1) is 8.38. The van der Waals surface area contributed by atoms with Crippen LogP contribution in [0.25, 0.3) is 0 Å². The van der Waals surface area contributed by atoms with Gasteiger partial charge in [-0.1, -0.05) is 6.92 Å². The molecule has 0 aromatic carbocycles. The summed E-state index contributed by atoms with van der Waals surface area (Å²) in [5.74, 6) is -0.703. The molecular weight excluding hydrogens is 232 g/mol. The molecule has 1 spiro atoms. The minimum absolute atomic E-state index is 0.0540. The van der Waals surface area contributed by atoms with Crippen LogP contribution in [0.4, 0.5) is 0 Å². The zero-order valence-corrected chi connectivity index (χ0v) is 11.4. The SMILES string of the molecule is CC(N)C(C)N1CC(C)C2(COC2)C(C(=O)O)C1. The van der Waals surface area contributed by atoms with Crippen molar-refractivity contribution in [3.63, 3.8) is 0 Å². The van der Waals surface area contributed by atoms with Crippen LogP contribution in [0.15, 0.2) is 0 Å². The van der Waals surface area contributed by atoms with Crippen LogP contribution in [-0.4, -0.2) is 54.4 Å². The summed E-state index contributed by atoms with van der Waals surface area (Å²) in [6, 6.07) is 0.269. The highest BCUT2D eigenvalue weighted by Gasteiger charge is 2.56. The number of ether oxygens (including phenoxy) is 1. The summed E-state index contributed by atoms with van der Waals surface area (Å²) >= 11 is 0. The predicted molar refractivity (Wildman–Crippen MR) is 68.2 cm³/mol. The monoisotopic (exact) mass is 256 g/mol. The lowest BCUT2D eigenvalue weighted by Gasteiger charge is -2.56.